The van der Waals surface area contributed by atoms with Crippen LogP contribution in [0.15, 0.2) is 18.2 Å². The Morgan fingerprint density at radius 2 is 2.11 bits per heavy atom. The molecule has 2 rings (SSSR count). The summed E-state index contributed by atoms with van der Waals surface area (Å²) in [5.74, 6) is 0. The normalized spacial score (nSPS) is 23.1. The largest absolute Gasteiger partial charge is 0.376 e. The SMILES string of the molecule is CSC1CCCCC1Nc1cc(C)ccc1[N+](=O)[O-]. The van der Waals surface area contributed by atoms with E-state index >= 15 is 0 Å². The molecule has 0 aliphatic heterocycles. The first-order valence-electron chi connectivity index (χ1n) is 6.66. The average Bonchev–Trinajstić information content (AvgIpc) is 2.39. The molecule has 5 heteroatoms. The Hall–Kier alpha value is -1.23. The molecule has 0 bridgehead atoms. The fraction of sp³-hybridized carbons (Fsp3) is 0.571. The van der Waals surface area contributed by atoms with Crippen molar-refractivity contribution in [2.45, 2.75) is 43.9 Å². The van der Waals surface area contributed by atoms with E-state index in [4.69, 9.17) is 0 Å². The number of benzene rings is 1. The summed E-state index contributed by atoms with van der Waals surface area (Å²) in [6, 6.07) is 5.60. The van der Waals surface area contributed by atoms with Crippen LogP contribution in [0.2, 0.25) is 0 Å². The van der Waals surface area contributed by atoms with Crippen molar-refractivity contribution in [3.63, 3.8) is 0 Å². The van der Waals surface area contributed by atoms with Crippen molar-refractivity contribution < 1.29 is 4.92 Å². The average molecular weight is 280 g/mol. The summed E-state index contributed by atoms with van der Waals surface area (Å²) < 4.78 is 0. The molecule has 0 aromatic heterocycles. The summed E-state index contributed by atoms with van der Waals surface area (Å²) in [4.78, 5) is 10.8. The van der Waals surface area contributed by atoms with E-state index in [0.29, 0.717) is 17.0 Å². The highest BCUT2D eigenvalue weighted by Gasteiger charge is 2.26. The van der Waals surface area contributed by atoms with Crippen LogP contribution in [0.25, 0.3) is 0 Å². The maximum Gasteiger partial charge on any atom is 0.292 e. The van der Waals surface area contributed by atoms with E-state index < -0.39 is 0 Å². The molecule has 0 heterocycles. The third kappa shape index (κ3) is 3.41. The summed E-state index contributed by atoms with van der Waals surface area (Å²) >= 11 is 1.86. The summed E-state index contributed by atoms with van der Waals surface area (Å²) in [5, 5.41) is 15.0. The Morgan fingerprint density at radius 3 is 2.79 bits per heavy atom. The van der Waals surface area contributed by atoms with Gasteiger partial charge in [-0.05, 0) is 37.7 Å². The van der Waals surface area contributed by atoms with Crippen LogP contribution in [0.3, 0.4) is 0 Å². The Bertz CT molecular complexity index is 465. The monoisotopic (exact) mass is 280 g/mol. The van der Waals surface area contributed by atoms with Gasteiger partial charge in [-0.15, -0.1) is 0 Å². The van der Waals surface area contributed by atoms with Gasteiger partial charge in [0.1, 0.15) is 5.69 Å². The highest BCUT2D eigenvalue weighted by Crippen LogP contribution is 2.32. The van der Waals surface area contributed by atoms with Gasteiger partial charge in [0.15, 0.2) is 0 Å². The number of nitro benzene ring substituents is 1. The van der Waals surface area contributed by atoms with E-state index in [1.165, 1.54) is 19.3 Å². The molecule has 0 radical (unpaired) electrons. The second-order valence-corrected chi connectivity index (χ2v) is 6.16. The van der Waals surface area contributed by atoms with Crippen LogP contribution in [0.5, 0.6) is 0 Å². The molecule has 1 aromatic rings. The minimum atomic E-state index is -0.307. The molecule has 1 N–H and O–H groups in total. The van der Waals surface area contributed by atoms with Crippen LogP contribution < -0.4 is 5.32 Å². The van der Waals surface area contributed by atoms with Gasteiger partial charge in [-0.2, -0.15) is 11.8 Å². The van der Waals surface area contributed by atoms with Gasteiger partial charge >= 0.3 is 0 Å². The molecule has 1 aliphatic rings. The predicted molar refractivity (Wildman–Crippen MR) is 81.0 cm³/mol. The Kier molecular flexibility index (Phi) is 4.69. The van der Waals surface area contributed by atoms with E-state index in [2.05, 4.69) is 11.6 Å². The Labute approximate surface area is 118 Å². The Morgan fingerprint density at radius 1 is 1.37 bits per heavy atom. The van der Waals surface area contributed by atoms with Gasteiger partial charge in [-0.25, -0.2) is 0 Å². The number of aryl methyl sites for hydroxylation is 1. The first-order chi connectivity index (χ1) is 9.11. The molecule has 0 amide bonds. The molecule has 0 saturated heterocycles. The molecule has 2 atom stereocenters. The van der Waals surface area contributed by atoms with Crippen molar-refractivity contribution in [1.29, 1.82) is 0 Å². The van der Waals surface area contributed by atoms with Gasteiger partial charge in [0.05, 0.1) is 4.92 Å². The highest BCUT2D eigenvalue weighted by molar-refractivity contribution is 7.99. The number of hydrogen-bond donors (Lipinski definition) is 1. The van der Waals surface area contributed by atoms with Crippen molar-refractivity contribution in [3.05, 3.63) is 33.9 Å². The van der Waals surface area contributed by atoms with E-state index in [1.54, 1.807) is 12.1 Å². The first kappa shape index (κ1) is 14.2. The lowest BCUT2D eigenvalue weighted by atomic mass is 9.94. The maximum atomic E-state index is 11.1. The maximum absolute atomic E-state index is 11.1. The zero-order valence-corrected chi connectivity index (χ0v) is 12.2. The zero-order valence-electron chi connectivity index (χ0n) is 11.4. The smallest absolute Gasteiger partial charge is 0.292 e. The second-order valence-electron chi connectivity index (χ2n) is 5.09. The van der Waals surface area contributed by atoms with Crippen molar-refractivity contribution in [3.8, 4) is 0 Å². The number of nitrogens with zero attached hydrogens (tertiary/aromatic N) is 1. The standard InChI is InChI=1S/C14H20N2O2S/c1-10-7-8-13(16(17)18)12(9-10)15-11-5-3-4-6-14(11)19-2/h7-9,11,14-15H,3-6H2,1-2H3. The van der Waals surface area contributed by atoms with Crippen molar-refractivity contribution in [2.75, 3.05) is 11.6 Å². The van der Waals surface area contributed by atoms with Gasteiger partial charge < -0.3 is 5.32 Å². The van der Waals surface area contributed by atoms with Crippen molar-refractivity contribution >= 4 is 23.1 Å². The van der Waals surface area contributed by atoms with Gasteiger partial charge in [-0.1, -0.05) is 18.9 Å². The predicted octanol–water partition coefficient (Wildman–Crippen LogP) is 3.99. The molecule has 1 fully saturated rings. The van der Waals surface area contributed by atoms with Crippen LogP contribution in [-0.4, -0.2) is 22.5 Å². The van der Waals surface area contributed by atoms with E-state index in [9.17, 15) is 10.1 Å². The topological polar surface area (TPSA) is 55.2 Å². The van der Waals surface area contributed by atoms with Gasteiger partial charge in [0, 0.05) is 17.4 Å². The van der Waals surface area contributed by atoms with Crippen LogP contribution in [0.1, 0.15) is 31.2 Å². The fourth-order valence-electron chi connectivity index (χ4n) is 2.67. The quantitative estimate of drug-likeness (QED) is 0.669. The molecule has 1 aromatic carbocycles. The molecule has 1 saturated carbocycles. The highest BCUT2D eigenvalue weighted by atomic mass is 32.2. The lowest BCUT2D eigenvalue weighted by molar-refractivity contribution is -0.384. The third-order valence-corrected chi connectivity index (χ3v) is 4.86. The number of thioether (sulfide) groups is 1. The van der Waals surface area contributed by atoms with E-state index in [-0.39, 0.29) is 10.6 Å². The Balaban J connectivity index is 2.21. The molecular formula is C14H20N2O2S. The van der Waals surface area contributed by atoms with Crippen LogP contribution >= 0.6 is 11.8 Å². The fourth-order valence-corrected chi connectivity index (χ4v) is 3.60. The first-order valence-corrected chi connectivity index (χ1v) is 7.95. The molecule has 104 valence electrons. The van der Waals surface area contributed by atoms with E-state index in [1.807, 2.05) is 24.8 Å². The van der Waals surface area contributed by atoms with E-state index in [0.717, 1.165) is 12.0 Å². The number of hydrogen-bond acceptors (Lipinski definition) is 4. The minimum Gasteiger partial charge on any atom is -0.376 e. The number of anilines is 1. The minimum absolute atomic E-state index is 0.177. The van der Waals surface area contributed by atoms with Gasteiger partial charge in [0.25, 0.3) is 5.69 Å². The summed E-state index contributed by atoms with van der Waals surface area (Å²) in [7, 11) is 0. The summed E-state index contributed by atoms with van der Waals surface area (Å²) in [6.07, 6.45) is 6.87. The molecular weight excluding hydrogens is 260 g/mol. The molecule has 19 heavy (non-hydrogen) atoms. The van der Waals surface area contributed by atoms with Crippen LogP contribution in [0, 0.1) is 17.0 Å². The molecule has 0 spiro atoms. The van der Waals surface area contributed by atoms with Crippen LogP contribution in [-0.2, 0) is 0 Å². The van der Waals surface area contributed by atoms with Crippen molar-refractivity contribution in [2.24, 2.45) is 0 Å². The van der Waals surface area contributed by atoms with Gasteiger partial charge in [-0.3, -0.25) is 10.1 Å². The number of rotatable bonds is 4. The van der Waals surface area contributed by atoms with Gasteiger partial charge in [0.2, 0.25) is 0 Å². The van der Waals surface area contributed by atoms with Crippen LogP contribution in [0.4, 0.5) is 11.4 Å². The number of nitro groups is 1. The second kappa shape index (κ2) is 6.28. The summed E-state index contributed by atoms with van der Waals surface area (Å²) in [6.45, 7) is 1.96. The third-order valence-electron chi connectivity index (χ3n) is 3.69. The summed E-state index contributed by atoms with van der Waals surface area (Å²) in [5.41, 5.74) is 1.89. The number of nitrogens with one attached hydrogen (secondary N) is 1. The molecule has 1 aliphatic carbocycles. The lowest BCUT2D eigenvalue weighted by Crippen LogP contribution is -2.34. The lowest BCUT2D eigenvalue weighted by Gasteiger charge is -2.31. The molecule has 4 nitrogen and oxygen atoms in total. The molecule has 2 unspecified atom stereocenters. The zero-order chi connectivity index (χ0) is 13.8. The van der Waals surface area contributed by atoms with Crippen molar-refractivity contribution in [1.82, 2.24) is 0 Å².